The molecule has 1 aliphatic rings. The van der Waals surface area contributed by atoms with Crippen LogP contribution in [0.3, 0.4) is 0 Å². The molecule has 1 nitrogen and oxygen atoms in total. The zero-order chi connectivity index (χ0) is 13.3. The summed E-state index contributed by atoms with van der Waals surface area (Å²) in [4.78, 5) is 0. The van der Waals surface area contributed by atoms with Gasteiger partial charge in [0, 0.05) is 11.6 Å². The summed E-state index contributed by atoms with van der Waals surface area (Å²) < 4.78 is 40.7. The molecular formula is C12H12BrClF3N. The lowest BCUT2D eigenvalue weighted by Gasteiger charge is -2.24. The van der Waals surface area contributed by atoms with Crippen LogP contribution >= 0.6 is 27.5 Å². The Morgan fingerprint density at radius 1 is 1.17 bits per heavy atom. The fourth-order valence-electron chi connectivity index (χ4n) is 2.17. The van der Waals surface area contributed by atoms with E-state index < -0.39 is 22.5 Å². The van der Waals surface area contributed by atoms with Gasteiger partial charge in [-0.25, -0.2) is 13.2 Å². The van der Waals surface area contributed by atoms with Crippen LogP contribution in [0.25, 0.3) is 0 Å². The molecule has 1 atom stereocenters. The van der Waals surface area contributed by atoms with Gasteiger partial charge < -0.3 is 5.32 Å². The van der Waals surface area contributed by atoms with Gasteiger partial charge in [0.2, 0.25) is 0 Å². The fraction of sp³-hybridized carbons (Fsp3) is 0.500. The Labute approximate surface area is 117 Å². The zero-order valence-corrected chi connectivity index (χ0v) is 11.8. The van der Waals surface area contributed by atoms with E-state index in [1.54, 1.807) is 0 Å². The van der Waals surface area contributed by atoms with Crippen LogP contribution in [0, 0.1) is 17.5 Å². The molecule has 100 valence electrons. The van der Waals surface area contributed by atoms with Crippen molar-refractivity contribution in [2.24, 2.45) is 0 Å². The highest BCUT2D eigenvalue weighted by Gasteiger charge is 2.25. The van der Waals surface area contributed by atoms with Crippen LogP contribution in [0.1, 0.15) is 24.8 Å². The normalized spacial score (nSPS) is 20.2. The Balaban J connectivity index is 2.32. The van der Waals surface area contributed by atoms with Crippen LogP contribution in [0.5, 0.6) is 0 Å². The van der Waals surface area contributed by atoms with Gasteiger partial charge in [0.05, 0.1) is 4.47 Å². The summed E-state index contributed by atoms with van der Waals surface area (Å²) in [6, 6.07) is 0.0459. The van der Waals surface area contributed by atoms with E-state index >= 15 is 0 Å². The number of benzene rings is 1. The van der Waals surface area contributed by atoms with Crippen LogP contribution < -0.4 is 5.32 Å². The Morgan fingerprint density at radius 3 is 2.50 bits per heavy atom. The average molecular weight is 343 g/mol. The van der Waals surface area contributed by atoms with Crippen molar-refractivity contribution < 1.29 is 13.2 Å². The maximum Gasteiger partial charge on any atom is 0.180 e. The highest BCUT2D eigenvalue weighted by atomic mass is 79.9. The van der Waals surface area contributed by atoms with Gasteiger partial charge in [-0.1, -0.05) is 18.0 Å². The number of hydrogen-bond donors (Lipinski definition) is 1. The maximum absolute atomic E-state index is 13.8. The first-order chi connectivity index (χ1) is 8.52. The molecule has 1 aromatic carbocycles. The lowest BCUT2D eigenvalue weighted by molar-refractivity contribution is 0.389. The average Bonchev–Trinajstić information content (AvgIpc) is 2.40. The minimum Gasteiger partial charge on any atom is -0.314 e. The van der Waals surface area contributed by atoms with E-state index in [-0.39, 0.29) is 22.5 Å². The number of piperidine rings is 1. The quantitative estimate of drug-likeness (QED) is 0.627. The summed E-state index contributed by atoms with van der Waals surface area (Å²) in [5, 5.41) is 2.40. The van der Waals surface area contributed by atoms with Gasteiger partial charge in [0.15, 0.2) is 17.5 Å². The lowest BCUT2D eigenvalue weighted by Crippen LogP contribution is -2.36. The molecule has 1 aromatic rings. The van der Waals surface area contributed by atoms with Crippen molar-refractivity contribution >= 4 is 27.5 Å². The molecule has 2 rings (SSSR count). The van der Waals surface area contributed by atoms with E-state index in [1.165, 1.54) is 0 Å². The SMILES string of the molecule is Fc1c(F)c(CC2CCCCN2)c(Br)c(F)c1Cl. The van der Waals surface area contributed by atoms with E-state index in [1.807, 2.05) is 0 Å². The standard InChI is InChI=1S/C12H12BrClF3N/c13-8-7(5-6-3-1-2-4-18-6)10(15)12(17)9(14)11(8)16/h6,18H,1-5H2. The minimum atomic E-state index is -1.32. The van der Waals surface area contributed by atoms with E-state index in [9.17, 15) is 13.2 Å². The van der Waals surface area contributed by atoms with Crippen molar-refractivity contribution in [1.29, 1.82) is 0 Å². The Kier molecular flexibility index (Phi) is 4.56. The molecule has 0 amide bonds. The number of hydrogen-bond acceptors (Lipinski definition) is 1. The summed E-state index contributed by atoms with van der Waals surface area (Å²) in [5.74, 6) is -3.33. The topological polar surface area (TPSA) is 12.0 Å². The second-order valence-electron chi connectivity index (χ2n) is 4.40. The summed E-state index contributed by atoms with van der Waals surface area (Å²) in [7, 11) is 0. The smallest absolute Gasteiger partial charge is 0.180 e. The highest BCUT2D eigenvalue weighted by molar-refractivity contribution is 9.10. The van der Waals surface area contributed by atoms with Crippen molar-refractivity contribution in [2.45, 2.75) is 31.7 Å². The van der Waals surface area contributed by atoms with Crippen LogP contribution in [-0.2, 0) is 6.42 Å². The van der Waals surface area contributed by atoms with Crippen molar-refractivity contribution in [1.82, 2.24) is 5.32 Å². The molecule has 6 heteroatoms. The minimum absolute atomic E-state index is 0.00815. The molecule has 1 unspecified atom stereocenters. The monoisotopic (exact) mass is 341 g/mol. The van der Waals surface area contributed by atoms with Gasteiger partial charge in [0.1, 0.15) is 5.02 Å². The van der Waals surface area contributed by atoms with Crippen LogP contribution in [-0.4, -0.2) is 12.6 Å². The first-order valence-corrected chi connectivity index (χ1v) is 6.93. The second-order valence-corrected chi connectivity index (χ2v) is 5.57. The van der Waals surface area contributed by atoms with Crippen molar-refractivity contribution in [3.8, 4) is 0 Å². The van der Waals surface area contributed by atoms with Crippen molar-refractivity contribution in [2.75, 3.05) is 6.54 Å². The molecule has 0 aromatic heterocycles. The largest absolute Gasteiger partial charge is 0.314 e. The molecule has 0 spiro atoms. The van der Waals surface area contributed by atoms with E-state index in [0.717, 1.165) is 25.8 Å². The molecule has 0 bridgehead atoms. The third-order valence-electron chi connectivity index (χ3n) is 3.16. The number of rotatable bonds is 2. The Bertz CT molecular complexity index is 432. The Hall–Kier alpha value is -0.260. The lowest BCUT2D eigenvalue weighted by atomic mass is 9.97. The van der Waals surface area contributed by atoms with Crippen molar-refractivity contribution in [3.05, 3.63) is 32.5 Å². The third-order valence-corrected chi connectivity index (χ3v) is 4.32. The molecule has 0 radical (unpaired) electrons. The predicted octanol–water partition coefficient (Wildman–Crippen LogP) is 4.20. The van der Waals surface area contributed by atoms with Gasteiger partial charge in [0.25, 0.3) is 0 Å². The second kappa shape index (κ2) is 5.80. The predicted molar refractivity (Wildman–Crippen MR) is 68.4 cm³/mol. The van der Waals surface area contributed by atoms with Crippen LogP contribution in [0.4, 0.5) is 13.2 Å². The first kappa shape index (κ1) is 14.2. The summed E-state index contributed by atoms with van der Waals surface area (Å²) in [5.41, 5.74) is 0.00815. The molecule has 1 aliphatic heterocycles. The third kappa shape index (κ3) is 2.68. The molecule has 1 N–H and O–H groups in total. The molecule has 0 aliphatic carbocycles. The Morgan fingerprint density at radius 2 is 1.89 bits per heavy atom. The van der Waals surface area contributed by atoms with Gasteiger partial charge >= 0.3 is 0 Å². The maximum atomic E-state index is 13.8. The molecule has 18 heavy (non-hydrogen) atoms. The molecular weight excluding hydrogens is 330 g/mol. The fourth-order valence-corrected chi connectivity index (χ4v) is 3.00. The highest BCUT2D eigenvalue weighted by Crippen LogP contribution is 2.33. The number of nitrogens with one attached hydrogen (secondary N) is 1. The first-order valence-electron chi connectivity index (χ1n) is 5.76. The number of halogens is 5. The summed E-state index contributed by atoms with van der Waals surface area (Å²) in [6.07, 6.45) is 3.23. The molecule has 1 saturated heterocycles. The van der Waals surface area contributed by atoms with E-state index in [4.69, 9.17) is 11.6 Å². The van der Waals surface area contributed by atoms with Gasteiger partial charge in [-0.15, -0.1) is 0 Å². The summed E-state index contributed by atoms with van der Waals surface area (Å²) >= 11 is 8.32. The van der Waals surface area contributed by atoms with E-state index in [0.29, 0.717) is 0 Å². The zero-order valence-electron chi connectivity index (χ0n) is 9.50. The van der Waals surface area contributed by atoms with Crippen LogP contribution in [0.2, 0.25) is 5.02 Å². The molecule has 1 fully saturated rings. The van der Waals surface area contributed by atoms with E-state index in [2.05, 4.69) is 21.2 Å². The van der Waals surface area contributed by atoms with Crippen molar-refractivity contribution in [3.63, 3.8) is 0 Å². The van der Waals surface area contributed by atoms with Gasteiger partial charge in [-0.3, -0.25) is 0 Å². The summed E-state index contributed by atoms with van der Waals surface area (Å²) in [6.45, 7) is 0.850. The molecule has 1 heterocycles. The molecule has 0 saturated carbocycles. The van der Waals surface area contributed by atoms with Gasteiger partial charge in [-0.05, 0) is 41.7 Å². The van der Waals surface area contributed by atoms with Gasteiger partial charge in [-0.2, -0.15) is 0 Å². The van der Waals surface area contributed by atoms with Crippen LogP contribution in [0.15, 0.2) is 4.47 Å².